The van der Waals surface area contributed by atoms with Crippen molar-refractivity contribution in [2.45, 2.75) is 70.0 Å². The van der Waals surface area contributed by atoms with Crippen LogP contribution in [0.3, 0.4) is 0 Å². The van der Waals surface area contributed by atoms with Crippen LogP contribution in [0.25, 0.3) is 0 Å². The minimum absolute atomic E-state index is 0.514. The van der Waals surface area contributed by atoms with Crippen LogP contribution in [0.1, 0.15) is 52.4 Å². The molecule has 2 aliphatic heterocycles. The Bertz CT molecular complexity index is 261. The quantitative estimate of drug-likeness (QED) is 0.772. The predicted molar refractivity (Wildman–Crippen MR) is 67.6 cm³/mol. The van der Waals surface area contributed by atoms with Gasteiger partial charge in [0.15, 0.2) is 0 Å². The van der Waals surface area contributed by atoms with Crippen LogP contribution in [0.5, 0.6) is 0 Å². The van der Waals surface area contributed by atoms with Gasteiger partial charge in [-0.25, -0.2) is 0 Å². The summed E-state index contributed by atoms with van der Waals surface area (Å²) in [6.07, 6.45) is 8.61. The van der Waals surface area contributed by atoms with Gasteiger partial charge in [0.05, 0.1) is 0 Å². The SMILES string of the molecule is CC(C1CC1)N1CCCC12CCCNC2C. The first-order valence-electron chi connectivity index (χ1n) is 7.24. The van der Waals surface area contributed by atoms with Gasteiger partial charge in [-0.3, -0.25) is 4.90 Å². The van der Waals surface area contributed by atoms with Crippen molar-refractivity contribution >= 4 is 0 Å². The summed E-state index contributed by atoms with van der Waals surface area (Å²) in [5.41, 5.74) is 0.514. The normalized spacial score (nSPS) is 42.8. The van der Waals surface area contributed by atoms with Gasteiger partial charge in [0.2, 0.25) is 0 Å². The molecule has 3 atom stereocenters. The van der Waals surface area contributed by atoms with Crippen LogP contribution in [-0.2, 0) is 0 Å². The van der Waals surface area contributed by atoms with Crippen molar-refractivity contribution in [1.82, 2.24) is 10.2 Å². The highest BCUT2D eigenvalue weighted by atomic mass is 15.3. The Morgan fingerprint density at radius 2 is 2.00 bits per heavy atom. The Morgan fingerprint density at radius 1 is 1.25 bits per heavy atom. The van der Waals surface area contributed by atoms with Gasteiger partial charge in [0.1, 0.15) is 0 Å². The number of hydrogen-bond acceptors (Lipinski definition) is 2. The molecule has 3 rings (SSSR count). The van der Waals surface area contributed by atoms with Gasteiger partial charge in [-0.1, -0.05) is 0 Å². The largest absolute Gasteiger partial charge is 0.312 e. The molecule has 0 aromatic carbocycles. The van der Waals surface area contributed by atoms with Crippen molar-refractivity contribution in [2.75, 3.05) is 13.1 Å². The van der Waals surface area contributed by atoms with Crippen molar-refractivity contribution < 1.29 is 0 Å². The van der Waals surface area contributed by atoms with Gasteiger partial charge in [0.25, 0.3) is 0 Å². The average Bonchev–Trinajstić information content (AvgIpc) is 3.05. The van der Waals surface area contributed by atoms with E-state index >= 15 is 0 Å². The molecule has 0 aromatic heterocycles. The molecule has 2 nitrogen and oxygen atoms in total. The summed E-state index contributed by atoms with van der Waals surface area (Å²) in [6, 6.07) is 1.54. The number of nitrogens with one attached hydrogen (secondary N) is 1. The lowest BCUT2D eigenvalue weighted by Crippen LogP contribution is -2.62. The Morgan fingerprint density at radius 3 is 2.69 bits per heavy atom. The Labute approximate surface area is 99.8 Å². The van der Waals surface area contributed by atoms with E-state index in [0.29, 0.717) is 11.6 Å². The van der Waals surface area contributed by atoms with E-state index in [1.54, 1.807) is 0 Å². The van der Waals surface area contributed by atoms with Crippen LogP contribution in [0, 0.1) is 5.92 Å². The van der Waals surface area contributed by atoms with Gasteiger partial charge in [-0.05, 0) is 71.4 Å². The maximum Gasteiger partial charge on any atom is 0.0363 e. The highest BCUT2D eigenvalue weighted by Gasteiger charge is 2.49. The lowest BCUT2D eigenvalue weighted by atomic mass is 9.80. The summed E-state index contributed by atoms with van der Waals surface area (Å²) in [7, 11) is 0. The van der Waals surface area contributed by atoms with Crippen LogP contribution >= 0.6 is 0 Å². The number of nitrogens with zero attached hydrogens (tertiary/aromatic N) is 1. The van der Waals surface area contributed by atoms with Crippen molar-refractivity contribution in [3.63, 3.8) is 0 Å². The van der Waals surface area contributed by atoms with Crippen molar-refractivity contribution in [3.8, 4) is 0 Å². The first-order chi connectivity index (χ1) is 7.74. The predicted octanol–water partition coefficient (Wildman–Crippen LogP) is 2.39. The van der Waals surface area contributed by atoms with Crippen LogP contribution in [-0.4, -0.2) is 35.6 Å². The van der Waals surface area contributed by atoms with E-state index in [4.69, 9.17) is 0 Å². The molecule has 2 heteroatoms. The lowest BCUT2D eigenvalue weighted by Gasteiger charge is -2.49. The fourth-order valence-corrected chi connectivity index (χ4v) is 4.22. The van der Waals surface area contributed by atoms with Gasteiger partial charge in [-0.15, -0.1) is 0 Å². The molecule has 1 N–H and O–H groups in total. The standard InChI is InChI=1S/C14H26N2/c1-11(13-5-6-13)16-10-4-8-14(16)7-3-9-15-12(14)2/h11-13,15H,3-10H2,1-2H3. The summed E-state index contributed by atoms with van der Waals surface area (Å²) in [5.74, 6) is 1.02. The summed E-state index contributed by atoms with van der Waals surface area (Å²) < 4.78 is 0. The molecule has 3 unspecified atom stereocenters. The molecule has 2 saturated heterocycles. The summed E-state index contributed by atoms with van der Waals surface area (Å²) in [5, 5.41) is 3.72. The zero-order chi connectivity index (χ0) is 11.2. The summed E-state index contributed by atoms with van der Waals surface area (Å²) in [6.45, 7) is 7.47. The molecule has 1 spiro atoms. The van der Waals surface area contributed by atoms with Crippen molar-refractivity contribution in [3.05, 3.63) is 0 Å². The maximum absolute atomic E-state index is 3.72. The van der Waals surface area contributed by atoms with Crippen molar-refractivity contribution in [2.24, 2.45) is 5.92 Å². The van der Waals surface area contributed by atoms with E-state index in [1.165, 1.54) is 51.6 Å². The second kappa shape index (κ2) is 3.99. The first kappa shape index (κ1) is 11.0. The number of piperidine rings is 1. The van der Waals surface area contributed by atoms with Crippen molar-refractivity contribution in [1.29, 1.82) is 0 Å². The third-order valence-electron chi connectivity index (χ3n) is 5.42. The molecule has 0 radical (unpaired) electrons. The molecule has 16 heavy (non-hydrogen) atoms. The monoisotopic (exact) mass is 222 g/mol. The molecular weight excluding hydrogens is 196 g/mol. The van der Waals surface area contributed by atoms with Gasteiger partial charge in [0, 0.05) is 17.6 Å². The fourth-order valence-electron chi connectivity index (χ4n) is 4.22. The molecule has 0 amide bonds. The average molecular weight is 222 g/mol. The molecule has 3 aliphatic rings. The topological polar surface area (TPSA) is 15.3 Å². The molecule has 3 fully saturated rings. The van der Waals surface area contributed by atoms with Gasteiger partial charge < -0.3 is 5.32 Å². The van der Waals surface area contributed by atoms with E-state index < -0.39 is 0 Å². The zero-order valence-electron chi connectivity index (χ0n) is 10.8. The third-order valence-corrected chi connectivity index (χ3v) is 5.42. The minimum atomic E-state index is 0.514. The Kier molecular flexibility index (Phi) is 2.75. The van der Waals surface area contributed by atoms with E-state index in [1.807, 2.05) is 0 Å². The van der Waals surface area contributed by atoms with Crippen LogP contribution in [0.4, 0.5) is 0 Å². The van der Waals surface area contributed by atoms with E-state index in [0.717, 1.165) is 12.0 Å². The lowest BCUT2D eigenvalue weighted by molar-refractivity contribution is 0.0302. The number of hydrogen-bond donors (Lipinski definition) is 1. The molecule has 1 saturated carbocycles. The molecule has 0 aromatic rings. The highest BCUT2D eigenvalue weighted by Crippen LogP contribution is 2.45. The number of rotatable bonds is 2. The Balaban J connectivity index is 1.80. The van der Waals surface area contributed by atoms with E-state index in [9.17, 15) is 0 Å². The molecule has 92 valence electrons. The highest BCUT2D eigenvalue weighted by molar-refractivity contribution is 5.07. The second-order valence-electron chi connectivity index (χ2n) is 6.26. The van der Waals surface area contributed by atoms with Crippen LogP contribution < -0.4 is 5.32 Å². The smallest absolute Gasteiger partial charge is 0.0363 e. The fraction of sp³-hybridized carbons (Fsp3) is 1.00. The molecular formula is C14H26N2. The first-order valence-corrected chi connectivity index (χ1v) is 7.24. The molecule has 2 heterocycles. The molecule has 0 bridgehead atoms. The van der Waals surface area contributed by atoms with E-state index in [2.05, 4.69) is 24.1 Å². The maximum atomic E-state index is 3.72. The van der Waals surface area contributed by atoms with Gasteiger partial charge in [-0.2, -0.15) is 0 Å². The van der Waals surface area contributed by atoms with Crippen LogP contribution in [0.2, 0.25) is 0 Å². The second-order valence-corrected chi connectivity index (χ2v) is 6.26. The zero-order valence-corrected chi connectivity index (χ0v) is 10.8. The summed E-state index contributed by atoms with van der Waals surface area (Å²) in [4.78, 5) is 2.88. The molecule has 1 aliphatic carbocycles. The van der Waals surface area contributed by atoms with Crippen LogP contribution in [0.15, 0.2) is 0 Å². The van der Waals surface area contributed by atoms with E-state index in [-0.39, 0.29) is 0 Å². The minimum Gasteiger partial charge on any atom is -0.312 e. The summed E-state index contributed by atoms with van der Waals surface area (Å²) >= 11 is 0. The number of likely N-dealkylation sites (tertiary alicyclic amines) is 1. The Hall–Kier alpha value is -0.0800. The van der Waals surface area contributed by atoms with Gasteiger partial charge >= 0.3 is 0 Å². The third kappa shape index (κ3) is 1.62.